The van der Waals surface area contributed by atoms with E-state index < -0.39 is 50.3 Å². The molecular weight excluding hydrogens is 565 g/mol. The van der Waals surface area contributed by atoms with Gasteiger partial charge in [0.15, 0.2) is 0 Å². The number of nitrogens with two attached hydrogens (primary N) is 1. The summed E-state index contributed by atoms with van der Waals surface area (Å²) in [6, 6.07) is 13.8. The van der Waals surface area contributed by atoms with Crippen molar-refractivity contribution in [3.05, 3.63) is 60.4 Å². The van der Waals surface area contributed by atoms with Crippen LogP contribution in [0.2, 0.25) is 0 Å². The molecule has 1 aliphatic carbocycles. The molecule has 14 heteroatoms. The van der Waals surface area contributed by atoms with Crippen LogP contribution in [-0.4, -0.2) is 62.4 Å². The number of hydrogen-bond donors (Lipinski definition) is 4. The Labute approximate surface area is 242 Å². The number of nitrogens with one attached hydrogen (secondary N) is 1. The third-order valence-corrected chi connectivity index (χ3v) is 9.13. The van der Waals surface area contributed by atoms with Crippen molar-refractivity contribution in [1.82, 2.24) is 14.7 Å². The monoisotopic (exact) mass is 599 g/mol. The molecule has 13 nitrogen and oxygen atoms in total. The van der Waals surface area contributed by atoms with Gasteiger partial charge in [-0.25, -0.2) is 9.08 Å². The van der Waals surface area contributed by atoms with E-state index in [9.17, 15) is 24.8 Å². The Morgan fingerprint density at radius 3 is 2.69 bits per heavy atom. The fraction of sp³-hybridized carbons (Fsp3) is 0.464. The number of ether oxygens (including phenoxy) is 2. The van der Waals surface area contributed by atoms with Crippen LogP contribution in [0.5, 0.6) is 5.75 Å². The highest BCUT2D eigenvalue weighted by molar-refractivity contribution is 7.52. The number of benzene rings is 1. The van der Waals surface area contributed by atoms with Gasteiger partial charge in [0.25, 0.3) is 0 Å². The molecule has 1 aromatic carbocycles. The molecule has 0 bridgehead atoms. The quantitative estimate of drug-likeness (QED) is 0.197. The highest BCUT2D eigenvalue weighted by atomic mass is 31.2. The molecule has 1 saturated carbocycles. The maximum atomic E-state index is 14.0. The van der Waals surface area contributed by atoms with Crippen molar-refractivity contribution in [1.29, 1.82) is 5.26 Å². The van der Waals surface area contributed by atoms with E-state index in [-0.39, 0.29) is 11.9 Å². The van der Waals surface area contributed by atoms with Gasteiger partial charge >= 0.3 is 13.7 Å². The van der Waals surface area contributed by atoms with E-state index in [0.717, 1.165) is 32.1 Å². The molecule has 1 saturated heterocycles. The third kappa shape index (κ3) is 6.15. The fourth-order valence-corrected chi connectivity index (χ4v) is 6.71. The number of nitrogen functional groups attached to an aromatic ring is 1. The second-order valence-corrected chi connectivity index (χ2v) is 12.2. The molecule has 0 radical (unpaired) electrons. The van der Waals surface area contributed by atoms with E-state index in [1.54, 1.807) is 48.5 Å². The van der Waals surface area contributed by atoms with Crippen molar-refractivity contribution in [2.45, 2.75) is 75.1 Å². The van der Waals surface area contributed by atoms with Crippen molar-refractivity contribution in [2.24, 2.45) is 0 Å². The highest BCUT2D eigenvalue weighted by Gasteiger charge is 2.57. The Kier molecular flexibility index (Phi) is 8.84. The number of aromatic nitrogens is 2. The van der Waals surface area contributed by atoms with Crippen LogP contribution in [0.3, 0.4) is 0 Å². The molecule has 0 amide bonds. The summed E-state index contributed by atoms with van der Waals surface area (Å²) in [4.78, 5) is 12.8. The van der Waals surface area contributed by atoms with Gasteiger partial charge in [0, 0.05) is 6.20 Å². The Bertz CT molecular complexity index is 1490. The first-order valence-electron chi connectivity index (χ1n) is 13.8. The molecule has 2 aliphatic rings. The predicted molar refractivity (Wildman–Crippen MR) is 150 cm³/mol. The molecule has 0 spiro atoms. The van der Waals surface area contributed by atoms with Gasteiger partial charge in [0.2, 0.25) is 5.60 Å². The standard InChI is InChI=1S/C28H34N5O8P/c1-18(27(36)39-19-8-4-2-5-9-19)32-42(37,41-20-10-6-3-7-11-20)38-17-28(16-29)26(35)24(34)25(40-28)23-13-12-22-21(30)14-15-31-33(22)23/h3,6-7,10-15,18-19,24-26,34-35H,2,4-5,8-9,17,30H2,1H3,(H,32,37)/t18-,24-,25-,26-,28+,42+/m0/s1. The van der Waals surface area contributed by atoms with Gasteiger partial charge in [-0.05, 0) is 62.9 Å². The van der Waals surface area contributed by atoms with E-state index in [1.165, 1.54) is 17.6 Å². The van der Waals surface area contributed by atoms with Crippen molar-refractivity contribution >= 4 is 24.9 Å². The van der Waals surface area contributed by atoms with E-state index in [1.807, 2.05) is 6.07 Å². The van der Waals surface area contributed by atoms with Gasteiger partial charge in [0.1, 0.15) is 48.9 Å². The van der Waals surface area contributed by atoms with Gasteiger partial charge in [-0.15, -0.1) is 0 Å². The number of nitrogens with zero attached hydrogens (tertiary/aromatic N) is 3. The van der Waals surface area contributed by atoms with Crippen molar-refractivity contribution < 1.29 is 38.1 Å². The van der Waals surface area contributed by atoms with E-state index in [2.05, 4.69) is 10.2 Å². The molecule has 5 rings (SSSR count). The minimum atomic E-state index is -4.39. The predicted octanol–water partition coefficient (Wildman–Crippen LogP) is 3.03. The largest absolute Gasteiger partial charge is 0.461 e. The minimum Gasteiger partial charge on any atom is -0.461 e. The summed E-state index contributed by atoms with van der Waals surface area (Å²) < 4.78 is 38.3. The molecular formula is C28H34N5O8P. The average molecular weight is 600 g/mol. The van der Waals surface area contributed by atoms with Crippen LogP contribution in [0.15, 0.2) is 54.7 Å². The first-order valence-corrected chi connectivity index (χ1v) is 15.3. The minimum absolute atomic E-state index is 0.168. The summed E-state index contributed by atoms with van der Waals surface area (Å²) in [5, 5.41) is 38.9. The molecule has 42 heavy (non-hydrogen) atoms. The molecule has 3 aromatic rings. The number of carbonyl (C=O) groups is 1. The van der Waals surface area contributed by atoms with Gasteiger partial charge in [0.05, 0.1) is 16.9 Å². The van der Waals surface area contributed by atoms with Crippen molar-refractivity contribution in [3.63, 3.8) is 0 Å². The summed E-state index contributed by atoms with van der Waals surface area (Å²) in [6.45, 7) is 0.686. The molecule has 5 N–H and O–H groups in total. The van der Waals surface area contributed by atoms with Crippen LogP contribution >= 0.6 is 7.75 Å². The number of anilines is 1. The SMILES string of the molecule is C[C@H](N[P@@](=O)(OC[C@@]1(C#N)O[C@@H](c2ccc3c(N)ccnn23)[C@H](O)[C@@H]1O)Oc1ccccc1)C(=O)OC1CCCCC1. The van der Waals surface area contributed by atoms with Crippen molar-refractivity contribution in [2.75, 3.05) is 12.3 Å². The van der Waals surface area contributed by atoms with Crippen LogP contribution in [0.25, 0.3) is 5.52 Å². The third-order valence-electron chi connectivity index (χ3n) is 7.50. The lowest BCUT2D eigenvalue weighted by molar-refractivity contribution is -0.152. The highest BCUT2D eigenvalue weighted by Crippen LogP contribution is 2.48. The lowest BCUT2D eigenvalue weighted by Crippen LogP contribution is -2.46. The Morgan fingerprint density at radius 1 is 1.24 bits per heavy atom. The average Bonchev–Trinajstić information content (AvgIpc) is 3.53. The molecule has 1 aliphatic heterocycles. The molecule has 0 unspecified atom stereocenters. The van der Waals surface area contributed by atoms with Crippen LogP contribution < -0.4 is 15.3 Å². The van der Waals surface area contributed by atoms with Gasteiger partial charge in [-0.3, -0.25) is 9.32 Å². The Hall–Kier alpha value is -3.50. The molecule has 3 heterocycles. The Morgan fingerprint density at radius 2 is 1.98 bits per heavy atom. The van der Waals surface area contributed by atoms with Gasteiger partial charge < -0.3 is 29.9 Å². The van der Waals surface area contributed by atoms with Crippen molar-refractivity contribution in [3.8, 4) is 11.8 Å². The number of carbonyl (C=O) groups excluding carboxylic acids is 1. The second kappa shape index (κ2) is 12.4. The first-order chi connectivity index (χ1) is 20.1. The van der Waals surface area contributed by atoms with Crippen LogP contribution in [-0.2, 0) is 23.4 Å². The van der Waals surface area contributed by atoms with E-state index >= 15 is 0 Å². The molecule has 2 fully saturated rings. The zero-order valence-electron chi connectivity index (χ0n) is 23.0. The number of nitriles is 1. The Balaban J connectivity index is 1.35. The summed E-state index contributed by atoms with van der Waals surface area (Å²) in [7, 11) is -4.39. The number of aliphatic hydroxyl groups is 2. The smallest absolute Gasteiger partial charge is 0.459 e. The summed E-state index contributed by atoms with van der Waals surface area (Å²) in [5.74, 6) is -0.460. The lowest BCUT2D eigenvalue weighted by Gasteiger charge is -2.29. The fourth-order valence-electron chi connectivity index (χ4n) is 5.19. The maximum absolute atomic E-state index is 14.0. The lowest BCUT2D eigenvalue weighted by atomic mass is 9.96. The zero-order chi connectivity index (χ0) is 29.9. The normalized spacial score (nSPS) is 26.8. The van der Waals surface area contributed by atoms with Crippen LogP contribution in [0.4, 0.5) is 5.69 Å². The molecule has 2 aromatic heterocycles. The number of aliphatic hydroxyl groups excluding tert-OH is 2. The topological polar surface area (TPSA) is 191 Å². The second-order valence-electron chi connectivity index (χ2n) is 10.5. The number of hydrogen-bond acceptors (Lipinski definition) is 11. The van der Waals surface area contributed by atoms with Crippen LogP contribution in [0, 0.1) is 11.3 Å². The number of esters is 1. The molecule has 224 valence electrons. The van der Waals surface area contributed by atoms with Gasteiger partial charge in [-0.1, -0.05) is 24.6 Å². The summed E-state index contributed by atoms with van der Waals surface area (Å²) in [5.41, 5.74) is 5.17. The first kappa shape index (κ1) is 30.0. The number of para-hydroxylation sites is 1. The maximum Gasteiger partial charge on any atom is 0.459 e. The molecule has 6 atom stereocenters. The van der Waals surface area contributed by atoms with E-state index in [4.69, 9.17) is 24.3 Å². The number of rotatable bonds is 10. The van der Waals surface area contributed by atoms with E-state index in [0.29, 0.717) is 16.9 Å². The number of fused-ring (bicyclic) bond motifs is 1. The van der Waals surface area contributed by atoms with Crippen LogP contribution in [0.1, 0.15) is 50.8 Å². The van der Waals surface area contributed by atoms with Gasteiger partial charge in [-0.2, -0.15) is 15.4 Å². The summed E-state index contributed by atoms with van der Waals surface area (Å²) >= 11 is 0. The zero-order valence-corrected chi connectivity index (χ0v) is 23.9. The summed E-state index contributed by atoms with van der Waals surface area (Å²) in [6.07, 6.45) is 1.25.